The molecule has 1 aromatic rings. The van der Waals surface area contributed by atoms with Crippen LogP contribution in [0.25, 0.3) is 0 Å². The average Bonchev–Trinajstić information content (AvgIpc) is 2.71. The molecule has 2 atom stereocenters. The first-order chi connectivity index (χ1) is 8.13. The lowest BCUT2D eigenvalue weighted by atomic mass is 10.0. The Hall–Kier alpha value is -0.280. The molecule has 17 heavy (non-hydrogen) atoms. The third-order valence-corrected chi connectivity index (χ3v) is 4.12. The van der Waals surface area contributed by atoms with E-state index in [9.17, 15) is 0 Å². The van der Waals surface area contributed by atoms with Gasteiger partial charge in [0.05, 0.1) is 0 Å². The predicted molar refractivity (Wildman–Crippen MR) is 73.7 cm³/mol. The van der Waals surface area contributed by atoms with E-state index in [-0.39, 0.29) is 6.04 Å². The fraction of sp³-hybridized carbons (Fsp3) is 0.538. The molecule has 1 aliphatic rings. The van der Waals surface area contributed by atoms with E-state index in [0.29, 0.717) is 12.6 Å². The van der Waals surface area contributed by atoms with Crippen molar-refractivity contribution >= 4 is 23.2 Å². The summed E-state index contributed by atoms with van der Waals surface area (Å²) in [5, 5.41) is 1.47. The van der Waals surface area contributed by atoms with Gasteiger partial charge in [0, 0.05) is 28.7 Å². The van der Waals surface area contributed by atoms with Crippen LogP contribution in [-0.4, -0.2) is 24.0 Å². The first-order valence-corrected chi connectivity index (χ1v) is 6.80. The van der Waals surface area contributed by atoms with Gasteiger partial charge in [0.25, 0.3) is 0 Å². The number of halogens is 2. The van der Waals surface area contributed by atoms with Crippen LogP contribution in [-0.2, 0) is 0 Å². The molecule has 0 spiro atoms. The first kappa shape index (κ1) is 13.2. The maximum Gasteiger partial charge on any atom is 0.0488 e. The minimum absolute atomic E-state index is 0.179. The minimum Gasteiger partial charge on any atom is -0.329 e. The molecule has 1 heterocycles. The smallest absolute Gasteiger partial charge is 0.0488 e. The molecular formula is C13H18Cl2N2. The maximum atomic E-state index is 6.25. The third kappa shape index (κ3) is 2.76. The molecule has 2 nitrogen and oxygen atoms in total. The van der Waals surface area contributed by atoms with Crippen LogP contribution < -0.4 is 5.73 Å². The van der Waals surface area contributed by atoms with Crippen LogP contribution in [0.4, 0.5) is 0 Å². The molecule has 0 saturated carbocycles. The van der Waals surface area contributed by atoms with Crippen molar-refractivity contribution in [2.45, 2.75) is 31.8 Å². The van der Waals surface area contributed by atoms with Gasteiger partial charge in [0.1, 0.15) is 0 Å². The minimum atomic E-state index is 0.179. The first-order valence-electron chi connectivity index (χ1n) is 6.04. The Balaban J connectivity index is 2.31. The number of rotatable bonds is 3. The van der Waals surface area contributed by atoms with E-state index in [2.05, 4.69) is 11.8 Å². The summed E-state index contributed by atoms with van der Waals surface area (Å²) in [4.78, 5) is 2.43. The lowest BCUT2D eigenvalue weighted by Crippen LogP contribution is -2.36. The molecule has 2 rings (SSSR count). The van der Waals surface area contributed by atoms with Gasteiger partial charge in [-0.25, -0.2) is 0 Å². The van der Waals surface area contributed by atoms with E-state index < -0.39 is 0 Å². The highest BCUT2D eigenvalue weighted by Gasteiger charge is 2.29. The second-order valence-electron chi connectivity index (χ2n) is 4.65. The van der Waals surface area contributed by atoms with Gasteiger partial charge in [-0.15, -0.1) is 0 Å². The van der Waals surface area contributed by atoms with Gasteiger partial charge in [0.15, 0.2) is 0 Å². The lowest BCUT2D eigenvalue weighted by molar-refractivity contribution is 0.195. The summed E-state index contributed by atoms with van der Waals surface area (Å²) in [6.07, 6.45) is 2.46. The Labute approximate surface area is 113 Å². The van der Waals surface area contributed by atoms with Crippen LogP contribution >= 0.6 is 23.2 Å². The zero-order valence-electron chi connectivity index (χ0n) is 10.00. The SMILES string of the molecule is CC1CCCN1C(CN)c1cc(Cl)ccc1Cl. The molecule has 2 unspecified atom stereocenters. The largest absolute Gasteiger partial charge is 0.329 e. The van der Waals surface area contributed by atoms with Crippen LogP contribution in [0.5, 0.6) is 0 Å². The average molecular weight is 273 g/mol. The van der Waals surface area contributed by atoms with Crippen LogP contribution in [0.3, 0.4) is 0 Å². The van der Waals surface area contributed by atoms with Gasteiger partial charge >= 0.3 is 0 Å². The highest BCUT2D eigenvalue weighted by atomic mass is 35.5. The van der Waals surface area contributed by atoms with E-state index in [1.165, 1.54) is 12.8 Å². The zero-order chi connectivity index (χ0) is 12.4. The van der Waals surface area contributed by atoms with Gasteiger partial charge in [-0.3, -0.25) is 4.90 Å². The van der Waals surface area contributed by atoms with Crippen molar-refractivity contribution in [1.82, 2.24) is 4.90 Å². The molecule has 4 heteroatoms. The lowest BCUT2D eigenvalue weighted by Gasteiger charge is -2.31. The molecule has 1 aliphatic heterocycles. The highest BCUT2D eigenvalue weighted by molar-refractivity contribution is 6.33. The Morgan fingerprint density at radius 3 is 2.82 bits per heavy atom. The van der Waals surface area contributed by atoms with Crippen LogP contribution in [0.1, 0.15) is 31.4 Å². The molecule has 1 aromatic carbocycles. The van der Waals surface area contributed by atoms with Gasteiger partial charge < -0.3 is 5.73 Å². The number of likely N-dealkylation sites (tertiary alicyclic amines) is 1. The number of hydrogen-bond donors (Lipinski definition) is 1. The summed E-state index contributed by atoms with van der Waals surface area (Å²) in [6.45, 7) is 3.91. The van der Waals surface area contributed by atoms with E-state index in [4.69, 9.17) is 28.9 Å². The Morgan fingerprint density at radius 1 is 1.47 bits per heavy atom. The van der Waals surface area contributed by atoms with Crippen molar-refractivity contribution in [3.63, 3.8) is 0 Å². The molecule has 0 amide bonds. The van der Waals surface area contributed by atoms with E-state index in [1.807, 2.05) is 18.2 Å². The number of hydrogen-bond acceptors (Lipinski definition) is 2. The summed E-state index contributed by atoms with van der Waals surface area (Å²) in [5.74, 6) is 0. The molecule has 0 aliphatic carbocycles. The zero-order valence-corrected chi connectivity index (χ0v) is 11.5. The van der Waals surface area contributed by atoms with Crippen molar-refractivity contribution in [2.75, 3.05) is 13.1 Å². The molecule has 1 fully saturated rings. The summed E-state index contributed by atoms with van der Waals surface area (Å²) in [5.41, 5.74) is 6.97. The highest BCUT2D eigenvalue weighted by Crippen LogP contribution is 2.33. The number of benzene rings is 1. The normalized spacial score (nSPS) is 22.9. The van der Waals surface area contributed by atoms with Gasteiger partial charge in [-0.2, -0.15) is 0 Å². The molecule has 0 aromatic heterocycles. The summed E-state index contributed by atoms with van der Waals surface area (Å²) in [7, 11) is 0. The van der Waals surface area contributed by atoms with E-state index in [1.54, 1.807) is 0 Å². The molecule has 0 radical (unpaired) electrons. The molecule has 94 valence electrons. The molecule has 0 bridgehead atoms. The van der Waals surface area contributed by atoms with Crippen molar-refractivity contribution in [2.24, 2.45) is 5.73 Å². The number of nitrogens with zero attached hydrogens (tertiary/aromatic N) is 1. The fourth-order valence-corrected chi connectivity index (χ4v) is 3.05. The van der Waals surface area contributed by atoms with Crippen molar-refractivity contribution in [3.05, 3.63) is 33.8 Å². The Morgan fingerprint density at radius 2 is 2.24 bits per heavy atom. The maximum absolute atomic E-state index is 6.25. The molecule has 2 N–H and O–H groups in total. The quantitative estimate of drug-likeness (QED) is 0.913. The van der Waals surface area contributed by atoms with Gasteiger partial charge in [-0.05, 0) is 50.1 Å². The summed E-state index contributed by atoms with van der Waals surface area (Å²) >= 11 is 12.3. The molecular weight excluding hydrogens is 255 g/mol. The van der Waals surface area contributed by atoms with E-state index >= 15 is 0 Å². The van der Waals surface area contributed by atoms with Crippen molar-refractivity contribution in [1.29, 1.82) is 0 Å². The number of nitrogens with two attached hydrogens (primary N) is 1. The fourth-order valence-electron chi connectivity index (χ4n) is 2.63. The summed E-state index contributed by atoms with van der Waals surface area (Å²) < 4.78 is 0. The van der Waals surface area contributed by atoms with Crippen LogP contribution in [0, 0.1) is 0 Å². The monoisotopic (exact) mass is 272 g/mol. The van der Waals surface area contributed by atoms with Crippen LogP contribution in [0.15, 0.2) is 18.2 Å². The standard InChI is InChI=1S/C13H18Cl2N2/c1-9-3-2-6-17(9)13(8-16)11-7-10(14)4-5-12(11)15/h4-5,7,9,13H,2-3,6,8,16H2,1H3. The summed E-state index contributed by atoms with van der Waals surface area (Å²) in [6, 6.07) is 6.35. The topological polar surface area (TPSA) is 29.3 Å². The Kier molecular flexibility index (Phi) is 4.31. The van der Waals surface area contributed by atoms with Crippen LogP contribution in [0.2, 0.25) is 10.0 Å². The van der Waals surface area contributed by atoms with Gasteiger partial charge in [-0.1, -0.05) is 23.2 Å². The van der Waals surface area contributed by atoms with E-state index in [0.717, 1.165) is 22.2 Å². The van der Waals surface area contributed by atoms with Crippen molar-refractivity contribution in [3.8, 4) is 0 Å². The molecule has 1 saturated heterocycles. The van der Waals surface area contributed by atoms with Gasteiger partial charge in [0.2, 0.25) is 0 Å². The van der Waals surface area contributed by atoms with Crippen molar-refractivity contribution < 1.29 is 0 Å². The second kappa shape index (κ2) is 5.57. The second-order valence-corrected chi connectivity index (χ2v) is 5.49. The predicted octanol–water partition coefficient (Wildman–Crippen LogP) is 3.48. The third-order valence-electron chi connectivity index (χ3n) is 3.55. The Bertz CT molecular complexity index is 395.